The van der Waals surface area contributed by atoms with Crippen molar-refractivity contribution < 1.29 is 8.78 Å². The number of aromatic nitrogens is 3. The molecule has 0 aliphatic carbocycles. The number of halogens is 2. The van der Waals surface area contributed by atoms with E-state index < -0.39 is 11.6 Å². The number of rotatable bonds is 5. The van der Waals surface area contributed by atoms with Crippen LogP contribution in [0.3, 0.4) is 0 Å². The summed E-state index contributed by atoms with van der Waals surface area (Å²) >= 11 is 0. The third-order valence-electron chi connectivity index (χ3n) is 4.88. The van der Waals surface area contributed by atoms with Crippen LogP contribution in [0.1, 0.15) is 12.0 Å². The Labute approximate surface area is 162 Å². The van der Waals surface area contributed by atoms with Crippen molar-refractivity contribution in [2.24, 2.45) is 0 Å². The lowest BCUT2D eigenvalue weighted by Gasteiger charge is -2.20. The zero-order valence-electron chi connectivity index (χ0n) is 15.8. The van der Waals surface area contributed by atoms with Crippen LogP contribution in [0.15, 0.2) is 42.7 Å². The number of hydrogen-bond acceptors (Lipinski definition) is 5. The van der Waals surface area contributed by atoms with Crippen LogP contribution in [0.4, 0.5) is 26.1 Å². The lowest BCUT2D eigenvalue weighted by molar-refractivity contribution is 0.580. The van der Waals surface area contributed by atoms with E-state index >= 15 is 0 Å². The second kappa shape index (κ2) is 7.55. The molecule has 1 saturated heterocycles. The molecule has 0 spiro atoms. The third kappa shape index (κ3) is 3.96. The van der Waals surface area contributed by atoms with E-state index in [1.807, 2.05) is 20.0 Å². The number of benzene rings is 2. The summed E-state index contributed by atoms with van der Waals surface area (Å²) in [5.41, 5.74) is 3.41. The molecule has 0 bridgehead atoms. The van der Waals surface area contributed by atoms with Gasteiger partial charge in [0, 0.05) is 36.6 Å². The molecule has 0 saturated carbocycles. The topological polar surface area (TPSA) is 58.0 Å². The summed E-state index contributed by atoms with van der Waals surface area (Å²) in [4.78, 5) is 6.55. The van der Waals surface area contributed by atoms with Crippen LogP contribution in [-0.2, 0) is 0 Å². The van der Waals surface area contributed by atoms with Gasteiger partial charge in [0.15, 0.2) is 0 Å². The first-order valence-corrected chi connectivity index (χ1v) is 9.19. The third-order valence-corrected chi connectivity index (χ3v) is 4.88. The van der Waals surface area contributed by atoms with Gasteiger partial charge in [-0.1, -0.05) is 0 Å². The fraction of sp³-hybridized carbons (Fsp3) is 0.300. The summed E-state index contributed by atoms with van der Waals surface area (Å²) in [6, 6.07) is 9.97. The number of nitrogens with zero attached hydrogens (tertiary/aromatic N) is 4. The Morgan fingerprint density at radius 3 is 2.54 bits per heavy atom. The molecule has 4 rings (SSSR count). The van der Waals surface area contributed by atoms with Gasteiger partial charge in [0.1, 0.15) is 18.0 Å². The Morgan fingerprint density at radius 2 is 1.82 bits per heavy atom. The van der Waals surface area contributed by atoms with Gasteiger partial charge < -0.3 is 15.5 Å². The first-order chi connectivity index (χ1) is 13.5. The first kappa shape index (κ1) is 18.4. The summed E-state index contributed by atoms with van der Waals surface area (Å²) in [5.74, 6) is -0.960. The van der Waals surface area contributed by atoms with Crippen LogP contribution < -0.4 is 15.5 Å². The summed E-state index contributed by atoms with van der Waals surface area (Å²) in [6.07, 6.45) is 2.54. The Balaban J connectivity index is 1.54. The van der Waals surface area contributed by atoms with Gasteiger partial charge in [-0.2, -0.15) is 4.98 Å². The molecule has 0 radical (unpaired) electrons. The van der Waals surface area contributed by atoms with Gasteiger partial charge in [-0.05, 0) is 56.3 Å². The van der Waals surface area contributed by atoms with Crippen LogP contribution in [0, 0.1) is 18.6 Å². The summed E-state index contributed by atoms with van der Waals surface area (Å²) in [5, 5.41) is 10.8. The normalized spacial score (nSPS) is 16.6. The maximum atomic E-state index is 13.4. The van der Waals surface area contributed by atoms with E-state index in [9.17, 15) is 8.78 Å². The first-order valence-electron chi connectivity index (χ1n) is 9.19. The van der Waals surface area contributed by atoms with Crippen LogP contribution in [-0.4, -0.2) is 40.9 Å². The highest BCUT2D eigenvalue weighted by atomic mass is 19.1. The average Bonchev–Trinajstić information content (AvgIpc) is 3.29. The molecule has 8 heteroatoms. The van der Waals surface area contributed by atoms with Gasteiger partial charge >= 0.3 is 0 Å². The molecule has 2 N–H and O–H groups in total. The highest BCUT2D eigenvalue weighted by molar-refractivity contribution is 5.64. The molecule has 2 heterocycles. The standard InChI is InChI=1S/C20H22F2N6/c1-13-5-17(10-18(6-13)27-4-3-16(11-27)23-2)25-20-24-12-28(26-20)19-8-14(21)7-15(22)9-19/h5-10,12,16,23H,3-4,11H2,1-2H3,(H,25,26). The zero-order valence-corrected chi connectivity index (χ0v) is 15.8. The van der Waals surface area contributed by atoms with Crippen LogP contribution in [0.5, 0.6) is 0 Å². The number of aryl methyl sites for hydroxylation is 1. The summed E-state index contributed by atoms with van der Waals surface area (Å²) in [6.45, 7) is 4.02. The van der Waals surface area contributed by atoms with Crippen molar-refractivity contribution in [2.75, 3.05) is 30.4 Å². The van der Waals surface area contributed by atoms with Crippen molar-refractivity contribution >= 4 is 17.3 Å². The minimum Gasteiger partial charge on any atom is -0.370 e. The highest BCUT2D eigenvalue weighted by Gasteiger charge is 2.21. The van der Waals surface area contributed by atoms with Crippen molar-refractivity contribution in [3.05, 3.63) is 59.9 Å². The van der Waals surface area contributed by atoms with Gasteiger partial charge in [0.25, 0.3) is 0 Å². The quantitative estimate of drug-likeness (QED) is 0.706. The molecular weight excluding hydrogens is 362 g/mol. The van der Waals surface area contributed by atoms with Crippen LogP contribution in [0.25, 0.3) is 5.69 Å². The lowest BCUT2D eigenvalue weighted by atomic mass is 10.2. The smallest absolute Gasteiger partial charge is 0.246 e. The SMILES string of the molecule is CNC1CCN(c2cc(C)cc(Nc3ncn(-c4cc(F)cc(F)c4)n3)c2)C1. The van der Waals surface area contributed by atoms with Crippen molar-refractivity contribution in [1.29, 1.82) is 0 Å². The van der Waals surface area contributed by atoms with E-state index in [2.05, 4.69) is 37.7 Å². The van der Waals surface area contributed by atoms with Gasteiger partial charge in [0.2, 0.25) is 5.95 Å². The molecule has 1 atom stereocenters. The summed E-state index contributed by atoms with van der Waals surface area (Å²) in [7, 11) is 1.99. The van der Waals surface area contributed by atoms with E-state index in [0.717, 1.165) is 42.5 Å². The molecular formula is C20H22F2N6. The second-order valence-electron chi connectivity index (χ2n) is 7.04. The molecule has 146 valence electrons. The maximum Gasteiger partial charge on any atom is 0.246 e. The molecule has 1 fully saturated rings. The van der Waals surface area contributed by atoms with Crippen LogP contribution in [0.2, 0.25) is 0 Å². The monoisotopic (exact) mass is 384 g/mol. The van der Waals surface area contributed by atoms with E-state index in [1.165, 1.54) is 23.1 Å². The summed E-state index contributed by atoms with van der Waals surface area (Å²) < 4.78 is 28.2. The zero-order chi connectivity index (χ0) is 19.7. The fourth-order valence-corrected chi connectivity index (χ4v) is 3.49. The highest BCUT2D eigenvalue weighted by Crippen LogP contribution is 2.27. The Bertz CT molecular complexity index is 966. The van der Waals surface area contributed by atoms with Gasteiger partial charge in [-0.15, -0.1) is 5.10 Å². The molecule has 6 nitrogen and oxygen atoms in total. The average molecular weight is 384 g/mol. The number of anilines is 3. The molecule has 1 unspecified atom stereocenters. The van der Waals surface area contributed by atoms with Crippen molar-refractivity contribution in [3.8, 4) is 5.69 Å². The van der Waals surface area contributed by atoms with Crippen molar-refractivity contribution in [2.45, 2.75) is 19.4 Å². The predicted molar refractivity (Wildman–Crippen MR) is 105 cm³/mol. The Hall–Kier alpha value is -3.00. The van der Waals surface area contributed by atoms with Gasteiger partial charge in [0.05, 0.1) is 5.69 Å². The fourth-order valence-electron chi connectivity index (χ4n) is 3.49. The molecule has 1 aliphatic heterocycles. The van der Waals surface area contributed by atoms with E-state index in [1.54, 1.807) is 0 Å². The molecule has 1 aliphatic rings. The molecule has 0 amide bonds. The van der Waals surface area contributed by atoms with E-state index in [-0.39, 0.29) is 5.69 Å². The lowest BCUT2D eigenvalue weighted by Crippen LogP contribution is -2.29. The molecule has 3 aromatic rings. The minimum absolute atomic E-state index is 0.276. The predicted octanol–water partition coefficient (Wildman–Crippen LogP) is 3.40. The molecule has 1 aromatic heterocycles. The maximum absolute atomic E-state index is 13.4. The number of likely N-dealkylation sites (N-methyl/N-ethyl adjacent to an activating group) is 1. The second-order valence-corrected chi connectivity index (χ2v) is 7.04. The van der Waals surface area contributed by atoms with Crippen LogP contribution >= 0.6 is 0 Å². The minimum atomic E-state index is -0.658. The number of hydrogen-bond donors (Lipinski definition) is 2. The number of nitrogens with one attached hydrogen (secondary N) is 2. The Morgan fingerprint density at radius 1 is 1.04 bits per heavy atom. The van der Waals surface area contributed by atoms with Gasteiger partial charge in [-0.25, -0.2) is 13.5 Å². The molecule has 2 aromatic carbocycles. The van der Waals surface area contributed by atoms with E-state index in [0.29, 0.717) is 12.0 Å². The van der Waals surface area contributed by atoms with Gasteiger partial charge in [-0.3, -0.25) is 0 Å². The van der Waals surface area contributed by atoms with E-state index in [4.69, 9.17) is 0 Å². The van der Waals surface area contributed by atoms with Crippen molar-refractivity contribution in [3.63, 3.8) is 0 Å². The molecule has 28 heavy (non-hydrogen) atoms. The Kier molecular flexibility index (Phi) is 4.95. The largest absolute Gasteiger partial charge is 0.370 e. The van der Waals surface area contributed by atoms with Crippen molar-refractivity contribution in [1.82, 2.24) is 20.1 Å².